The van der Waals surface area contributed by atoms with Crippen LogP contribution in [0.25, 0.3) is 0 Å². The molecule has 1 fully saturated rings. The van der Waals surface area contributed by atoms with Crippen LogP contribution in [0.4, 0.5) is 4.79 Å². The van der Waals surface area contributed by atoms with Gasteiger partial charge in [0.05, 0.1) is 19.6 Å². The number of hydrogen-bond acceptors (Lipinski definition) is 4. The summed E-state index contributed by atoms with van der Waals surface area (Å²) in [4.78, 5) is 25.3. The highest BCUT2D eigenvalue weighted by molar-refractivity contribution is 5.73. The second-order valence-electron chi connectivity index (χ2n) is 8.85. The number of rotatable bonds is 17. The highest BCUT2D eigenvalue weighted by Crippen LogP contribution is 2.19. The van der Waals surface area contributed by atoms with Crippen LogP contribution >= 0.6 is 0 Å². The van der Waals surface area contributed by atoms with E-state index in [2.05, 4.69) is 6.92 Å². The van der Waals surface area contributed by atoms with Crippen molar-refractivity contribution in [3.8, 4) is 0 Å². The summed E-state index contributed by atoms with van der Waals surface area (Å²) >= 11 is 0. The predicted octanol–water partition coefficient (Wildman–Crippen LogP) is 6.88. The Kier molecular flexibility index (Phi) is 16.5. The maximum atomic E-state index is 12.1. The van der Waals surface area contributed by atoms with E-state index in [1.165, 1.54) is 90.6 Å². The molecule has 1 aliphatic heterocycles. The quantitative estimate of drug-likeness (QED) is 0.188. The zero-order valence-electron chi connectivity index (χ0n) is 19.8. The first-order chi connectivity index (χ1) is 14.7. The van der Waals surface area contributed by atoms with Crippen LogP contribution in [0.5, 0.6) is 0 Å². The Morgan fingerprint density at radius 2 is 1.17 bits per heavy atom. The number of amides is 1. The van der Waals surface area contributed by atoms with Gasteiger partial charge in [0.25, 0.3) is 0 Å². The Bertz CT molecular complexity index is 433. The van der Waals surface area contributed by atoms with Crippen LogP contribution in [0.15, 0.2) is 0 Å². The van der Waals surface area contributed by atoms with Gasteiger partial charge in [-0.1, -0.05) is 96.8 Å². The van der Waals surface area contributed by atoms with Crippen LogP contribution < -0.4 is 0 Å². The molecule has 30 heavy (non-hydrogen) atoms. The zero-order valence-corrected chi connectivity index (χ0v) is 19.8. The van der Waals surface area contributed by atoms with Crippen molar-refractivity contribution in [2.24, 2.45) is 5.92 Å². The van der Waals surface area contributed by atoms with Crippen LogP contribution in [-0.4, -0.2) is 43.8 Å². The normalized spacial score (nSPS) is 14.7. The summed E-state index contributed by atoms with van der Waals surface area (Å²) in [6.45, 7) is 3.96. The van der Waals surface area contributed by atoms with Crippen LogP contribution in [0.3, 0.4) is 0 Å². The summed E-state index contributed by atoms with van der Waals surface area (Å²) in [6, 6.07) is 0. The largest absolute Gasteiger partial charge is 0.465 e. The maximum Gasteiger partial charge on any atom is 0.409 e. The van der Waals surface area contributed by atoms with Gasteiger partial charge in [-0.3, -0.25) is 4.79 Å². The van der Waals surface area contributed by atoms with Gasteiger partial charge in [0.1, 0.15) is 0 Å². The lowest BCUT2D eigenvalue weighted by Gasteiger charge is -2.29. The lowest BCUT2D eigenvalue weighted by molar-refractivity contribution is -0.150. The van der Waals surface area contributed by atoms with E-state index in [-0.39, 0.29) is 18.0 Å². The summed E-state index contributed by atoms with van der Waals surface area (Å²) in [5.41, 5.74) is 0. The molecule has 1 amide bonds. The van der Waals surface area contributed by atoms with E-state index in [9.17, 15) is 9.59 Å². The van der Waals surface area contributed by atoms with Crippen molar-refractivity contribution in [3.63, 3.8) is 0 Å². The number of unbranched alkanes of at least 4 members (excludes halogenated alkanes) is 14. The number of hydrogen-bond donors (Lipinski definition) is 0. The number of piperidine rings is 1. The third kappa shape index (κ3) is 13.1. The smallest absolute Gasteiger partial charge is 0.409 e. The lowest BCUT2D eigenvalue weighted by atomic mass is 9.97. The fraction of sp³-hybridized carbons (Fsp3) is 0.920. The minimum absolute atomic E-state index is 0.0674. The molecule has 0 saturated carbocycles. The molecule has 1 heterocycles. The number of ether oxygens (including phenoxy) is 2. The number of esters is 1. The van der Waals surface area contributed by atoms with Gasteiger partial charge in [0, 0.05) is 13.1 Å². The lowest BCUT2D eigenvalue weighted by Crippen LogP contribution is -2.40. The SMILES string of the molecule is CCCCCCCCCCCCCCCCCOC(=O)C1CCN(C(=O)OC)CC1. The Morgan fingerprint density at radius 3 is 1.60 bits per heavy atom. The standard InChI is InChI=1S/C25H47NO4/c1-3-4-5-6-7-8-9-10-11-12-13-14-15-16-17-22-30-24(27)23-18-20-26(21-19-23)25(28)29-2/h23H,3-22H2,1-2H3. The molecule has 0 aromatic carbocycles. The van der Waals surface area contributed by atoms with Crippen molar-refractivity contribution in [3.05, 3.63) is 0 Å². The highest BCUT2D eigenvalue weighted by Gasteiger charge is 2.28. The summed E-state index contributed by atoms with van der Waals surface area (Å²) in [7, 11) is 1.39. The molecule has 1 rings (SSSR count). The number of methoxy groups -OCH3 is 1. The molecule has 176 valence electrons. The molecule has 1 saturated heterocycles. The van der Waals surface area contributed by atoms with Gasteiger partial charge in [-0.2, -0.15) is 0 Å². The number of carbonyl (C=O) groups excluding carboxylic acids is 2. The van der Waals surface area contributed by atoms with Gasteiger partial charge in [-0.15, -0.1) is 0 Å². The molecule has 1 aliphatic rings. The molecule has 0 aromatic heterocycles. The van der Waals surface area contributed by atoms with E-state index < -0.39 is 0 Å². The van der Waals surface area contributed by atoms with Gasteiger partial charge in [0.2, 0.25) is 0 Å². The van der Waals surface area contributed by atoms with Crippen LogP contribution in [0.1, 0.15) is 116 Å². The van der Waals surface area contributed by atoms with Crippen LogP contribution in [-0.2, 0) is 14.3 Å². The second-order valence-corrected chi connectivity index (χ2v) is 8.85. The molecule has 0 atom stereocenters. The first kappa shape index (κ1) is 26.8. The molecule has 5 nitrogen and oxygen atoms in total. The molecular formula is C25H47NO4. The monoisotopic (exact) mass is 425 g/mol. The van der Waals surface area contributed by atoms with Crippen molar-refractivity contribution >= 4 is 12.1 Å². The summed E-state index contributed by atoms with van der Waals surface area (Å²) in [6.07, 6.45) is 21.1. The van der Waals surface area contributed by atoms with Crippen LogP contribution in [0, 0.1) is 5.92 Å². The van der Waals surface area contributed by atoms with Crippen molar-refractivity contribution in [1.29, 1.82) is 0 Å². The Labute approximate surface area is 185 Å². The molecule has 0 radical (unpaired) electrons. The summed E-state index contributed by atoms with van der Waals surface area (Å²) < 4.78 is 10.2. The highest BCUT2D eigenvalue weighted by atomic mass is 16.5. The van der Waals surface area contributed by atoms with E-state index in [4.69, 9.17) is 9.47 Å². The Hall–Kier alpha value is -1.26. The fourth-order valence-corrected chi connectivity index (χ4v) is 4.19. The topological polar surface area (TPSA) is 55.8 Å². The number of nitrogens with zero attached hydrogens (tertiary/aromatic N) is 1. The molecule has 0 N–H and O–H groups in total. The molecule has 0 bridgehead atoms. The van der Waals surface area contributed by atoms with Crippen molar-refractivity contribution in [1.82, 2.24) is 4.90 Å². The van der Waals surface area contributed by atoms with E-state index in [1.54, 1.807) is 4.90 Å². The number of likely N-dealkylation sites (tertiary alicyclic amines) is 1. The second kappa shape index (κ2) is 18.5. The van der Waals surface area contributed by atoms with Gasteiger partial charge < -0.3 is 14.4 Å². The predicted molar refractivity (Wildman–Crippen MR) is 123 cm³/mol. The van der Waals surface area contributed by atoms with E-state index in [1.807, 2.05) is 0 Å². The molecular weight excluding hydrogens is 378 g/mol. The zero-order chi connectivity index (χ0) is 21.9. The molecule has 0 unspecified atom stereocenters. The van der Waals surface area contributed by atoms with E-state index >= 15 is 0 Å². The van der Waals surface area contributed by atoms with Gasteiger partial charge in [0.15, 0.2) is 0 Å². The van der Waals surface area contributed by atoms with E-state index in [0.29, 0.717) is 32.5 Å². The van der Waals surface area contributed by atoms with Crippen molar-refractivity contribution < 1.29 is 19.1 Å². The first-order valence-electron chi connectivity index (χ1n) is 12.7. The Balaban J connectivity index is 1.82. The Morgan fingerprint density at radius 1 is 0.733 bits per heavy atom. The van der Waals surface area contributed by atoms with Crippen LogP contribution in [0.2, 0.25) is 0 Å². The maximum absolute atomic E-state index is 12.1. The van der Waals surface area contributed by atoms with Gasteiger partial charge >= 0.3 is 12.1 Å². The minimum atomic E-state index is -0.306. The number of carbonyl (C=O) groups is 2. The average molecular weight is 426 g/mol. The summed E-state index contributed by atoms with van der Waals surface area (Å²) in [5, 5.41) is 0. The average Bonchev–Trinajstić information content (AvgIpc) is 2.78. The van der Waals surface area contributed by atoms with Crippen molar-refractivity contribution in [2.45, 2.75) is 116 Å². The molecule has 5 heteroatoms. The van der Waals surface area contributed by atoms with Gasteiger partial charge in [-0.25, -0.2) is 4.79 Å². The molecule has 0 aliphatic carbocycles. The molecule has 0 spiro atoms. The summed E-state index contributed by atoms with van der Waals surface area (Å²) in [5.74, 6) is -0.160. The van der Waals surface area contributed by atoms with E-state index in [0.717, 1.165) is 12.8 Å². The molecule has 0 aromatic rings. The minimum Gasteiger partial charge on any atom is -0.465 e. The fourth-order valence-electron chi connectivity index (χ4n) is 4.19. The first-order valence-corrected chi connectivity index (χ1v) is 12.7. The van der Waals surface area contributed by atoms with Gasteiger partial charge in [-0.05, 0) is 19.3 Å². The third-order valence-electron chi connectivity index (χ3n) is 6.25. The third-order valence-corrected chi connectivity index (χ3v) is 6.25. The van der Waals surface area contributed by atoms with Crippen molar-refractivity contribution in [2.75, 3.05) is 26.8 Å².